The number of nitrogens with zero attached hydrogens (tertiary/aromatic N) is 1. The van der Waals surface area contributed by atoms with Crippen LogP contribution in [0.15, 0.2) is 41.5 Å². The van der Waals surface area contributed by atoms with Crippen LogP contribution >= 0.6 is 0 Å². The van der Waals surface area contributed by atoms with Gasteiger partial charge in [0, 0.05) is 5.56 Å². The van der Waals surface area contributed by atoms with Gasteiger partial charge in [-0.05, 0) is 24.3 Å². The van der Waals surface area contributed by atoms with Crippen LogP contribution in [-0.4, -0.2) is 40.2 Å². The van der Waals surface area contributed by atoms with Gasteiger partial charge in [0.1, 0.15) is 6.61 Å². The van der Waals surface area contributed by atoms with Crippen molar-refractivity contribution in [2.24, 2.45) is 5.10 Å². The highest BCUT2D eigenvalue weighted by Crippen LogP contribution is 2.36. The number of hydrazone groups is 1. The van der Waals surface area contributed by atoms with Gasteiger partial charge in [-0.2, -0.15) is 5.10 Å². The molecule has 8 nitrogen and oxygen atoms in total. The SMILES string of the molecule is O=C(N/N=C/c1ccc(O)c(O)c1O)[C@H]1COc2ccccc2O1. The topological polar surface area (TPSA) is 121 Å². The molecule has 1 heterocycles. The van der Waals surface area contributed by atoms with E-state index < -0.39 is 29.3 Å². The monoisotopic (exact) mass is 330 g/mol. The van der Waals surface area contributed by atoms with Crippen LogP contribution in [0.25, 0.3) is 0 Å². The summed E-state index contributed by atoms with van der Waals surface area (Å²) in [6, 6.07) is 9.51. The molecular formula is C16H14N2O6. The second-order valence-corrected chi connectivity index (χ2v) is 4.97. The summed E-state index contributed by atoms with van der Waals surface area (Å²) in [5.74, 6) is -1.16. The fourth-order valence-corrected chi connectivity index (χ4v) is 2.07. The predicted octanol–water partition coefficient (Wildman–Crippen LogP) is 1.09. The Morgan fingerprint density at radius 3 is 2.67 bits per heavy atom. The van der Waals surface area contributed by atoms with Gasteiger partial charge >= 0.3 is 0 Å². The van der Waals surface area contributed by atoms with E-state index in [0.29, 0.717) is 11.5 Å². The van der Waals surface area contributed by atoms with Gasteiger partial charge in [0.2, 0.25) is 11.9 Å². The molecule has 3 rings (SSSR count). The number of benzene rings is 2. The van der Waals surface area contributed by atoms with Crippen molar-refractivity contribution in [2.75, 3.05) is 6.61 Å². The normalized spacial score (nSPS) is 16.1. The predicted molar refractivity (Wildman–Crippen MR) is 83.5 cm³/mol. The van der Waals surface area contributed by atoms with Crippen LogP contribution < -0.4 is 14.9 Å². The molecule has 0 radical (unpaired) electrons. The van der Waals surface area contributed by atoms with Crippen molar-refractivity contribution in [3.8, 4) is 28.7 Å². The average Bonchev–Trinajstić information content (AvgIpc) is 2.61. The summed E-state index contributed by atoms with van der Waals surface area (Å²) in [4.78, 5) is 12.0. The Labute approximate surface area is 136 Å². The first-order valence-electron chi connectivity index (χ1n) is 7.01. The average molecular weight is 330 g/mol. The van der Waals surface area contributed by atoms with E-state index in [4.69, 9.17) is 9.47 Å². The molecule has 2 aromatic carbocycles. The number of carbonyl (C=O) groups excluding carboxylic acids is 1. The fraction of sp³-hybridized carbons (Fsp3) is 0.125. The zero-order chi connectivity index (χ0) is 17.1. The van der Waals surface area contributed by atoms with Crippen LogP contribution in [0.1, 0.15) is 5.56 Å². The van der Waals surface area contributed by atoms with E-state index >= 15 is 0 Å². The Kier molecular flexibility index (Phi) is 4.11. The lowest BCUT2D eigenvalue weighted by Crippen LogP contribution is -2.42. The van der Waals surface area contributed by atoms with Gasteiger partial charge in [0.05, 0.1) is 6.21 Å². The Bertz CT molecular complexity index is 805. The Morgan fingerprint density at radius 1 is 1.12 bits per heavy atom. The maximum Gasteiger partial charge on any atom is 0.284 e. The zero-order valence-electron chi connectivity index (χ0n) is 12.3. The molecule has 1 aliphatic rings. The number of carbonyl (C=O) groups is 1. The first kappa shape index (κ1) is 15.5. The number of hydrogen-bond acceptors (Lipinski definition) is 7. The third-order valence-corrected chi connectivity index (χ3v) is 3.34. The molecule has 0 saturated heterocycles. The van der Waals surface area contributed by atoms with Crippen molar-refractivity contribution in [3.05, 3.63) is 42.0 Å². The summed E-state index contributed by atoms with van der Waals surface area (Å²) >= 11 is 0. The highest BCUT2D eigenvalue weighted by atomic mass is 16.6. The summed E-state index contributed by atoms with van der Waals surface area (Å²) in [6.45, 7) is 0.0453. The minimum atomic E-state index is -0.862. The van der Waals surface area contributed by atoms with Gasteiger partial charge in [0.15, 0.2) is 23.0 Å². The molecule has 1 aliphatic heterocycles. The number of ether oxygens (including phenoxy) is 2. The van der Waals surface area contributed by atoms with Crippen LogP contribution in [0.4, 0.5) is 0 Å². The molecule has 8 heteroatoms. The third-order valence-electron chi connectivity index (χ3n) is 3.34. The van der Waals surface area contributed by atoms with Crippen LogP contribution in [-0.2, 0) is 4.79 Å². The molecule has 4 N–H and O–H groups in total. The second-order valence-electron chi connectivity index (χ2n) is 4.97. The van der Waals surface area contributed by atoms with E-state index in [1.165, 1.54) is 12.1 Å². The van der Waals surface area contributed by atoms with Gasteiger partial charge < -0.3 is 24.8 Å². The second kappa shape index (κ2) is 6.37. The first-order valence-corrected chi connectivity index (χ1v) is 7.01. The maximum absolute atomic E-state index is 12.0. The molecular weight excluding hydrogens is 316 g/mol. The molecule has 0 bridgehead atoms. The summed E-state index contributed by atoms with van der Waals surface area (Å²) < 4.78 is 11.0. The number of nitrogens with one attached hydrogen (secondary N) is 1. The molecule has 0 unspecified atom stereocenters. The number of amides is 1. The fourth-order valence-electron chi connectivity index (χ4n) is 2.07. The summed E-state index contributed by atoms with van der Waals surface area (Å²) in [5.41, 5.74) is 2.39. The molecule has 24 heavy (non-hydrogen) atoms. The molecule has 0 spiro atoms. The van der Waals surface area contributed by atoms with E-state index in [1.807, 2.05) is 0 Å². The van der Waals surface area contributed by atoms with Gasteiger partial charge in [-0.25, -0.2) is 5.43 Å². The van der Waals surface area contributed by atoms with Gasteiger partial charge in [-0.15, -0.1) is 0 Å². The highest BCUT2D eigenvalue weighted by molar-refractivity contribution is 5.88. The third kappa shape index (κ3) is 3.02. The number of phenolic OH excluding ortho intramolecular Hbond substituents is 3. The van der Waals surface area contributed by atoms with E-state index in [9.17, 15) is 20.1 Å². The maximum atomic E-state index is 12.0. The minimum absolute atomic E-state index is 0.0453. The standard InChI is InChI=1S/C16H14N2O6/c19-10-6-5-9(14(20)15(10)21)7-17-18-16(22)13-8-23-11-3-1-2-4-12(11)24-13/h1-7,13,19-21H,8H2,(H,18,22)/b17-7+/t13-/m1/s1. The smallest absolute Gasteiger partial charge is 0.284 e. The van der Waals surface area contributed by atoms with Crippen molar-refractivity contribution in [1.29, 1.82) is 0 Å². The lowest BCUT2D eigenvalue weighted by Gasteiger charge is -2.24. The molecule has 2 aromatic rings. The Hall–Kier alpha value is -3.42. The first-order chi connectivity index (χ1) is 11.6. The van der Waals surface area contributed by atoms with Crippen molar-refractivity contribution in [1.82, 2.24) is 5.43 Å². The van der Waals surface area contributed by atoms with Crippen molar-refractivity contribution in [3.63, 3.8) is 0 Å². The molecule has 0 saturated carbocycles. The van der Waals surface area contributed by atoms with Crippen molar-refractivity contribution < 1.29 is 29.6 Å². The number of aromatic hydroxyl groups is 3. The molecule has 1 amide bonds. The number of para-hydroxylation sites is 2. The number of hydrogen-bond donors (Lipinski definition) is 4. The summed E-state index contributed by atoms with van der Waals surface area (Å²) in [7, 11) is 0. The van der Waals surface area contributed by atoms with Gasteiger partial charge in [-0.1, -0.05) is 12.1 Å². The Morgan fingerprint density at radius 2 is 1.88 bits per heavy atom. The minimum Gasteiger partial charge on any atom is -0.504 e. The van der Waals surface area contributed by atoms with Gasteiger partial charge in [0.25, 0.3) is 5.91 Å². The molecule has 124 valence electrons. The van der Waals surface area contributed by atoms with Crippen molar-refractivity contribution >= 4 is 12.1 Å². The number of phenols is 3. The molecule has 0 fully saturated rings. The van der Waals surface area contributed by atoms with Crippen LogP contribution in [0.2, 0.25) is 0 Å². The van der Waals surface area contributed by atoms with Crippen LogP contribution in [0.5, 0.6) is 28.7 Å². The quantitative estimate of drug-likeness (QED) is 0.380. The number of rotatable bonds is 3. The van der Waals surface area contributed by atoms with Crippen molar-refractivity contribution in [2.45, 2.75) is 6.10 Å². The van der Waals surface area contributed by atoms with Crippen LogP contribution in [0.3, 0.4) is 0 Å². The van der Waals surface area contributed by atoms with Crippen LogP contribution in [0, 0.1) is 0 Å². The van der Waals surface area contributed by atoms with E-state index in [1.54, 1.807) is 24.3 Å². The zero-order valence-corrected chi connectivity index (χ0v) is 12.3. The molecule has 0 aromatic heterocycles. The lowest BCUT2D eigenvalue weighted by atomic mass is 10.2. The van der Waals surface area contributed by atoms with E-state index in [0.717, 1.165) is 6.21 Å². The molecule has 0 aliphatic carbocycles. The highest BCUT2D eigenvalue weighted by Gasteiger charge is 2.27. The molecule has 1 atom stereocenters. The van der Waals surface area contributed by atoms with E-state index in [-0.39, 0.29) is 12.2 Å². The summed E-state index contributed by atoms with van der Waals surface area (Å²) in [5, 5.41) is 32.0. The Balaban J connectivity index is 1.63. The largest absolute Gasteiger partial charge is 0.504 e. The lowest BCUT2D eigenvalue weighted by molar-refractivity contribution is -0.130. The summed E-state index contributed by atoms with van der Waals surface area (Å²) in [6.07, 6.45) is 0.267. The van der Waals surface area contributed by atoms with E-state index in [2.05, 4.69) is 10.5 Å². The van der Waals surface area contributed by atoms with Gasteiger partial charge in [-0.3, -0.25) is 4.79 Å². The number of fused-ring (bicyclic) bond motifs is 1.